The van der Waals surface area contributed by atoms with Crippen molar-refractivity contribution in [2.24, 2.45) is 5.92 Å². The zero-order chi connectivity index (χ0) is 18.7. The summed E-state index contributed by atoms with van der Waals surface area (Å²) >= 11 is 3.33. The van der Waals surface area contributed by atoms with Crippen LogP contribution in [0.3, 0.4) is 0 Å². The monoisotopic (exact) mass is 434 g/mol. The molecule has 26 heavy (non-hydrogen) atoms. The van der Waals surface area contributed by atoms with E-state index in [1.807, 2.05) is 0 Å². The molecule has 3 heterocycles. The minimum atomic E-state index is -1.10. The topological polar surface area (TPSA) is 91.9 Å². The molecule has 3 aliphatic heterocycles. The summed E-state index contributed by atoms with van der Waals surface area (Å²) in [6.45, 7) is 1.09. The highest BCUT2D eigenvalue weighted by Crippen LogP contribution is 2.28. The van der Waals surface area contributed by atoms with Gasteiger partial charge in [-0.25, -0.2) is 9.18 Å². The summed E-state index contributed by atoms with van der Waals surface area (Å²) in [6, 6.07) is -1.11. The van der Waals surface area contributed by atoms with E-state index >= 15 is 0 Å². The first-order valence-corrected chi connectivity index (χ1v) is 9.54. The van der Waals surface area contributed by atoms with Crippen LogP contribution < -0.4 is 16.0 Å². The number of rotatable bonds is 4. The number of carbonyl (C=O) groups is 2. The lowest BCUT2D eigenvalue weighted by molar-refractivity contribution is -0.137. The quantitative estimate of drug-likeness (QED) is 0.566. The van der Waals surface area contributed by atoms with Gasteiger partial charge in [-0.2, -0.15) is 0 Å². The summed E-state index contributed by atoms with van der Waals surface area (Å²) in [6.07, 6.45) is 1.26. The fourth-order valence-corrected chi connectivity index (χ4v) is 4.16. The Morgan fingerprint density at radius 3 is 2.81 bits per heavy atom. The Balaban J connectivity index is 1.75. The molecule has 3 N–H and O–H groups in total. The first-order chi connectivity index (χ1) is 12.5. The zero-order valence-electron chi connectivity index (χ0n) is 14.5. The van der Waals surface area contributed by atoms with E-state index in [4.69, 9.17) is 4.74 Å². The lowest BCUT2D eigenvalue weighted by Gasteiger charge is -2.36. The number of likely N-dealkylation sites (tertiary alicyclic amines) is 1. The highest BCUT2D eigenvalue weighted by Gasteiger charge is 2.45. The van der Waals surface area contributed by atoms with Gasteiger partial charge in [-0.05, 0) is 34.7 Å². The zero-order valence-corrected chi connectivity index (χ0v) is 16.1. The summed E-state index contributed by atoms with van der Waals surface area (Å²) in [7, 11) is 1.26. The van der Waals surface area contributed by atoms with Gasteiger partial charge in [-0.15, -0.1) is 0 Å². The van der Waals surface area contributed by atoms with Crippen molar-refractivity contribution < 1.29 is 23.5 Å². The van der Waals surface area contributed by atoms with Gasteiger partial charge in [-0.1, -0.05) is 0 Å². The third-order valence-electron chi connectivity index (χ3n) is 5.11. The van der Waals surface area contributed by atoms with E-state index in [1.165, 1.54) is 12.0 Å². The number of alkyl halides is 1. The number of alkyl carbamates (subject to hydrolysis) is 1. The predicted molar refractivity (Wildman–Crippen MR) is 95.0 cm³/mol. The van der Waals surface area contributed by atoms with E-state index in [1.54, 1.807) is 6.20 Å². The highest BCUT2D eigenvalue weighted by molar-refractivity contribution is 9.11. The van der Waals surface area contributed by atoms with Crippen molar-refractivity contribution >= 4 is 27.9 Å². The molecule has 0 radical (unpaired) electrons. The van der Waals surface area contributed by atoms with Gasteiger partial charge in [-0.3, -0.25) is 4.79 Å². The van der Waals surface area contributed by atoms with Crippen LogP contribution in [-0.2, 0) is 14.3 Å². The molecule has 2 saturated heterocycles. The number of ether oxygens (including phenoxy) is 2. The first-order valence-electron chi connectivity index (χ1n) is 8.74. The van der Waals surface area contributed by atoms with Gasteiger partial charge >= 0.3 is 6.09 Å². The molecule has 10 heteroatoms. The number of halogens is 2. The third kappa shape index (κ3) is 4.22. The summed E-state index contributed by atoms with van der Waals surface area (Å²) in [5.41, 5.74) is 0. The van der Waals surface area contributed by atoms with Crippen molar-refractivity contribution in [1.29, 1.82) is 0 Å². The molecule has 0 aromatic heterocycles. The van der Waals surface area contributed by atoms with Gasteiger partial charge in [0.05, 0.1) is 24.3 Å². The second-order valence-electron chi connectivity index (χ2n) is 6.74. The molecule has 3 rings (SSSR count). The lowest BCUT2D eigenvalue weighted by atomic mass is 9.90. The molecular formula is C16H24BrFN4O4. The highest BCUT2D eigenvalue weighted by atomic mass is 79.9. The van der Waals surface area contributed by atoms with Crippen LogP contribution in [0, 0.1) is 5.92 Å². The Morgan fingerprint density at radius 2 is 2.19 bits per heavy atom. The van der Waals surface area contributed by atoms with Crippen molar-refractivity contribution in [3.05, 3.63) is 10.8 Å². The summed E-state index contributed by atoms with van der Waals surface area (Å²) in [5.74, 6) is -0.344. The summed E-state index contributed by atoms with van der Waals surface area (Å²) < 4.78 is 25.0. The van der Waals surface area contributed by atoms with E-state index < -0.39 is 18.3 Å². The molecule has 3 aliphatic rings. The molecule has 0 bridgehead atoms. The molecule has 146 valence electrons. The van der Waals surface area contributed by atoms with Crippen LogP contribution in [0.2, 0.25) is 0 Å². The smallest absolute Gasteiger partial charge is 0.407 e. The van der Waals surface area contributed by atoms with Crippen molar-refractivity contribution in [2.45, 2.75) is 43.7 Å². The van der Waals surface area contributed by atoms with Crippen LogP contribution >= 0.6 is 15.9 Å². The van der Waals surface area contributed by atoms with Crippen LogP contribution in [-0.4, -0.2) is 68.2 Å². The van der Waals surface area contributed by atoms with Crippen LogP contribution in [0.15, 0.2) is 10.8 Å². The van der Waals surface area contributed by atoms with Crippen molar-refractivity contribution in [3.8, 4) is 0 Å². The maximum Gasteiger partial charge on any atom is 0.407 e. The van der Waals surface area contributed by atoms with Gasteiger partial charge in [0.25, 0.3) is 0 Å². The predicted octanol–water partition coefficient (Wildman–Crippen LogP) is 0.789. The number of nitrogens with zero attached hydrogens (tertiary/aromatic N) is 1. The van der Waals surface area contributed by atoms with Gasteiger partial charge in [0.1, 0.15) is 18.4 Å². The van der Waals surface area contributed by atoms with E-state index in [9.17, 15) is 14.0 Å². The normalized spacial score (nSPS) is 30.2. The molecule has 0 aromatic rings. The van der Waals surface area contributed by atoms with Crippen molar-refractivity contribution in [2.75, 3.05) is 26.9 Å². The molecule has 0 aromatic carbocycles. The largest absolute Gasteiger partial charge is 0.453 e. The molecule has 2 amide bonds. The van der Waals surface area contributed by atoms with Crippen molar-refractivity contribution in [1.82, 2.24) is 20.9 Å². The minimum Gasteiger partial charge on any atom is -0.453 e. The molecule has 4 atom stereocenters. The number of nitrogens with one attached hydrogen (secondary N) is 3. The Kier molecular flexibility index (Phi) is 6.23. The number of hydrogen-bond acceptors (Lipinski definition) is 6. The van der Waals surface area contributed by atoms with Gasteiger partial charge in [0.15, 0.2) is 0 Å². The van der Waals surface area contributed by atoms with Gasteiger partial charge in [0, 0.05) is 25.8 Å². The van der Waals surface area contributed by atoms with E-state index in [0.29, 0.717) is 26.1 Å². The number of carbonyl (C=O) groups excluding carboxylic acids is 2. The Bertz CT molecular complexity index is 572. The first kappa shape index (κ1) is 19.2. The van der Waals surface area contributed by atoms with Crippen LogP contribution in [0.4, 0.5) is 9.18 Å². The second kappa shape index (κ2) is 8.43. The maximum atomic E-state index is 14.2. The Morgan fingerprint density at radius 1 is 1.46 bits per heavy atom. The molecule has 0 saturated carbocycles. The van der Waals surface area contributed by atoms with E-state index in [0.717, 1.165) is 4.61 Å². The Labute approximate surface area is 159 Å². The van der Waals surface area contributed by atoms with E-state index in [2.05, 4.69) is 36.6 Å². The summed E-state index contributed by atoms with van der Waals surface area (Å²) in [5, 5.41) is 8.91. The molecular weight excluding hydrogens is 411 g/mol. The van der Waals surface area contributed by atoms with Gasteiger partial charge < -0.3 is 30.3 Å². The molecule has 0 aliphatic carbocycles. The molecule has 8 nitrogen and oxygen atoms in total. The van der Waals surface area contributed by atoms with Crippen LogP contribution in [0.25, 0.3) is 0 Å². The van der Waals surface area contributed by atoms with Crippen molar-refractivity contribution in [3.63, 3.8) is 0 Å². The third-order valence-corrected chi connectivity index (χ3v) is 5.56. The van der Waals surface area contributed by atoms with Crippen LogP contribution in [0.1, 0.15) is 19.3 Å². The van der Waals surface area contributed by atoms with E-state index in [-0.39, 0.29) is 37.0 Å². The fourth-order valence-electron chi connectivity index (χ4n) is 3.78. The molecule has 0 spiro atoms. The fraction of sp³-hybridized carbons (Fsp3) is 0.750. The number of amides is 2. The molecule has 2 fully saturated rings. The Hall–Kier alpha value is -1.55. The van der Waals surface area contributed by atoms with Gasteiger partial charge in [0.2, 0.25) is 5.91 Å². The number of hydrogen-bond donors (Lipinski definition) is 3. The standard InChI is InChI=1S/C16H24BrFN4O4/c1-25-16(24)21-13(9-2-4-26-5-3-9)15(23)22-8-10(18)6-11(22)14-19-7-12(17)20-14/h7,9-11,13-14,19-20H,2-6,8H2,1H3,(H,21,24)/t10?,11-,13?,14?/m0/s1. The van der Waals surface area contributed by atoms with Crippen LogP contribution in [0.5, 0.6) is 0 Å². The average molecular weight is 435 g/mol. The minimum absolute atomic E-state index is 0.0174. The molecule has 3 unspecified atom stereocenters. The maximum absolute atomic E-state index is 14.2. The lowest BCUT2D eigenvalue weighted by Crippen LogP contribution is -2.58. The second-order valence-corrected chi connectivity index (χ2v) is 7.59. The summed E-state index contributed by atoms with van der Waals surface area (Å²) in [4.78, 5) is 26.6. The average Bonchev–Trinajstić information content (AvgIpc) is 3.25. The SMILES string of the molecule is COC(=O)NC(C(=O)N1CC(F)C[C@H]1C1NC=C(Br)N1)C1CCOCC1. The number of methoxy groups -OCH3 is 1.